The quantitative estimate of drug-likeness (QED) is 0.169. The van der Waals surface area contributed by atoms with E-state index in [1.807, 2.05) is 35.6 Å². The van der Waals surface area contributed by atoms with E-state index in [-0.39, 0.29) is 0 Å². The predicted molar refractivity (Wildman–Crippen MR) is 252 cm³/mol. The molecule has 5 heteroatoms. The van der Waals surface area contributed by atoms with Gasteiger partial charge in [0.05, 0.1) is 16.7 Å². The molecule has 0 spiro atoms. The molecule has 0 atom stereocenters. The Balaban J connectivity index is 1.14. The summed E-state index contributed by atoms with van der Waals surface area (Å²) in [6.45, 7) is 0. The van der Waals surface area contributed by atoms with Gasteiger partial charge < -0.3 is 4.57 Å². The lowest BCUT2D eigenvalue weighted by Crippen LogP contribution is -2.02. The van der Waals surface area contributed by atoms with Crippen LogP contribution in [0.3, 0.4) is 0 Å². The first-order chi connectivity index (χ1) is 29.7. The first-order valence-corrected chi connectivity index (χ1v) is 21.0. The van der Waals surface area contributed by atoms with Crippen LogP contribution >= 0.6 is 11.3 Å². The fourth-order valence-electron chi connectivity index (χ4n) is 8.82. The van der Waals surface area contributed by atoms with Crippen LogP contribution in [0.15, 0.2) is 206 Å². The largest absolute Gasteiger partial charge is 0.309 e. The molecule has 0 aliphatic rings. The van der Waals surface area contributed by atoms with E-state index in [9.17, 15) is 0 Å². The summed E-state index contributed by atoms with van der Waals surface area (Å²) in [7, 11) is 0. The molecular weight excluding hydrogens is 749 g/mol. The van der Waals surface area contributed by atoms with E-state index in [2.05, 4.69) is 187 Å². The first kappa shape index (κ1) is 34.3. The highest BCUT2D eigenvalue weighted by Gasteiger charge is 2.21. The number of benzene rings is 9. The molecule has 3 aromatic heterocycles. The SMILES string of the molecule is c1ccc(-c2cccc(-c3nc(-c4ccccc4)nc(-c4ccc(-n5c6ccccc6c6cc7ccccc7cc65)c(-c5cccc6sc7ccccc7c56)c4)n3)c2)cc1. The number of aromatic nitrogens is 4. The second-order valence-electron chi connectivity index (χ2n) is 15.2. The smallest absolute Gasteiger partial charge is 0.164 e. The Kier molecular flexibility index (Phi) is 8.00. The normalized spacial score (nSPS) is 11.7. The average Bonchev–Trinajstić information content (AvgIpc) is 3.86. The maximum absolute atomic E-state index is 5.27. The van der Waals surface area contributed by atoms with Crippen molar-refractivity contribution in [2.75, 3.05) is 0 Å². The third kappa shape index (κ3) is 5.70. The summed E-state index contributed by atoms with van der Waals surface area (Å²) in [4.78, 5) is 15.6. The molecule has 0 aliphatic heterocycles. The van der Waals surface area contributed by atoms with Gasteiger partial charge in [0.25, 0.3) is 0 Å². The summed E-state index contributed by atoms with van der Waals surface area (Å²) in [6.07, 6.45) is 0. The van der Waals surface area contributed by atoms with Crippen molar-refractivity contribution in [2.24, 2.45) is 0 Å². The van der Waals surface area contributed by atoms with Gasteiger partial charge in [-0.2, -0.15) is 0 Å². The zero-order chi connectivity index (χ0) is 39.6. The Bertz CT molecular complexity index is 3610. The molecule has 0 amide bonds. The van der Waals surface area contributed by atoms with Crippen LogP contribution in [0.4, 0.5) is 0 Å². The minimum absolute atomic E-state index is 0.618. The van der Waals surface area contributed by atoms with Crippen molar-refractivity contribution in [3.05, 3.63) is 206 Å². The fraction of sp³-hybridized carbons (Fsp3) is 0. The van der Waals surface area contributed by atoms with E-state index in [0.717, 1.165) is 44.6 Å². The molecule has 0 fully saturated rings. The molecule has 3 heterocycles. The van der Waals surface area contributed by atoms with Gasteiger partial charge in [-0.3, -0.25) is 0 Å². The van der Waals surface area contributed by atoms with Gasteiger partial charge in [0.15, 0.2) is 17.5 Å². The van der Waals surface area contributed by atoms with Gasteiger partial charge in [0, 0.05) is 53.2 Å². The van der Waals surface area contributed by atoms with Crippen LogP contribution < -0.4 is 0 Å². The average molecular weight is 783 g/mol. The number of hydrogen-bond acceptors (Lipinski definition) is 4. The van der Waals surface area contributed by atoms with Crippen LogP contribution in [0.25, 0.3) is 115 Å². The molecular formula is C55H34N4S. The van der Waals surface area contributed by atoms with Crippen molar-refractivity contribution < 1.29 is 0 Å². The minimum atomic E-state index is 0.618. The van der Waals surface area contributed by atoms with E-state index >= 15 is 0 Å². The molecule has 280 valence electrons. The van der Waals surface area contributed by atoms with Crippen molar-refractivity contribution in [1.82, 2.24) is 19.5 Å². The molecule has 9 aromatic carbocycles. The number of rotatable bonds is 6. The summed E-state index contributed by atoms with van der Waals surface area (Å²) in [6, 6.07) is 73.4. The van der Waals surface area contributed by atoms with E-state index in [1.54, 1.807) is 0 Å². The molecule has 0 saturated heterocycles. The van der Waals surface area contributed by atoms with Crippen molar-refractivity contribution in [2.45, 2.75) is 0 Å². The van der Waals surface area contributed by atoms with E-state index in [1.165, 1.54) is 52.8 Å². The number of nitrogens with zero attached hydrogens (tertiary/aromatic N) is 4. The second-order valence-corrected chi connectivity index (χ2v) is 16.3. The lowest BCUT2D eigenvalue weighted by Gasteiger charge is -2.17. The number of para-hydroxylation sites is 1. The summed E-state index contributed by atoms with van der Waals surface area (Å²) >= 11 is 1.84. The Morgan fingerprint density at radius 3 is 1.72 bits per heavy atom. The monoisotopic (exact) mass is 782 g/mol. The maximum atomic E-state index is 5.27. The summed E-state index contributed by atoms with van der Waals surface area (Å²) in [5.74, 6) is 1.88. The van der Waals surface area contributed by atoms with Gasteiger partial charge in [-0.25, -0.2) is 15.0 Å². The zero-order valence-electron chi connectivity index (χ0n) is 32.3. The second kappa shape index (κ2) is 14.0. The van der Waals surface area contributed by atoms with Crippen LogP contribution in [0, 0.1) is 0 Å². The summed E-state index contributed by atoms with van der Waals surface area (Å²) in [5, 5.41) is 7.39. The maximum Gasteiger partial charge on any atom is 0.164 e. The molecule has 0 bridgehead atoms. The molecule has 0 radical (unpaired) electrons. The number of hydrogen-bond donors (Lipinski definition) is 0. The highest BCUT2D eigenvalue weighted by molar-refractivity contribution is 7.25. The van der Waals surface area contributed by atoms with E-state index < -0.39 is 0 Å². The molecule has 60 heavy (non-hydrogen) atoms. The van der Waals surface area contributed by atoms with Gasteiger partial charge in [-0.15, -0.1) is 11.3 Å². The minimum Gasteiger partial charge on any atom is -0.309 e. The van der Waals surface area contributed by atoms with Gasteiger partial charge in [0.2, 0.25) is 0 Å². The van der Waals surface area contributed by atoms with Crippen LogP contribution in [0.5, 0.6) is 0 Å². The third-order valence-corrected chi connectivity index (χ3v) is 12.8. The molecule has 4 nitrogen and oxygen atoms in total. The van der Waals surface area contributed by atoms with Crippen LogP contribution in [-0.2, 0) is 0 Å². The van der Waals surface area contributed by atoms with Crippen LogP contribution in [0.1, 0.15) is 0 Å². The van der Waals surface area contributed by atoms with Crippen molar-refractivity contribution in [3.63, 3.8) is 0 Å². The molecule has 12 aromatic rings. The van der Waals surface area contributed by atoms with Crippen molar-refractivity contribution in [3.8, 4) is 62.1 Å². The van der Waals surface area contributed by atoms with E-state index in [0.29, 0.717) is 17.5 Å². The van der Waals surface area contributed by atoms with Gasteiger partial charge >= 0.3 is 0 Å². The predicted octanol–water partition coefficient (Wildman–Crippen LogP) is 14.8. The van der Waals surface area contributed by atoms with Gasteiger partial charge in [0.1, 0.15) is 0 Å². The molecule has 12 rings (SSSR count). The Hall–Kier alpha value is -7.73. The molecule has 0 saturated carbocycles. The highest BCUT2D eigenvalue weighted by Crippen LogP contribution is 2.45. The number of thiophene rings is 1. The third-order valence-electron chi connectivity index (χ3n) is 11.6. The fourth-order valence-corrected chi connectivity index (χ4v) is 9.95. The Morgan fingerprint density at radius 2 is 0.917 bits per heavy atom. The van der Waals surface area contributed by atoms with Crippen molar-refractivity contribution >= 4 is 64.1 Å². The van der Waals surface area contributed by atoms with Gasteiger partial charge in [-0.1, -0.05) is 152 Å². The lowest BCUT2D eigenvalue weighted by molar-refractivity contribution is 1.07. The Morgan fingerprint density at radius 1 is 0.333 bits per heavy atom. The van der Waals surface area contributed by atoms with Gasteiger partial charge in [-0.05, 0) is 82.1 Å². The summed E-state index contributed by atoms with van der Waals surface area (Å²) in [5.41, 5.74) is 10.7. The Labute approximate surface area is 350 Å². The summed E-state index contributed by atoms with van der Waals surface area (Å²) < 4.78 is 4.98. The zero-order valence-corrected chi connectivity index (χ0v) is 33.1. The topological polar surface area (TPSA) is 43.6 Å². The lowest BCUT2D eigenvalue weighted by atomic mass is 9.95. The van der Waals surface area contributed by atoms with E-state index in [4.69, 9.17) is 15.0 Å². The highest BCUT2D eigenvalue weighted by atomic mass is 32.1. The standard InChI is InChI=1S/C55H34N4S/c1-3-15-35(16-4-1)37-21-13-22-40(31-37)54-56-53(36-17-5-2-6-18-36)57-55(58-54)41-29-30-48(46(33-41)43-25-14-28-51-52(43)44-24-10-12-27-50(44)60-51)59-47-26-11-9-23-42(47)45-32-38-19-7-8-20-39(38)34-49(45)59/h1-34H. The molecule has 0 N–H and O–H groups in total. The van der Waals surface area contributed by atoms with Crippen LogP contribution in [-0.4, -0.2) is 19.5 Å². The van der Waals surface area contributed by atoms with Crippen molar-refractivity contribution in [1.29, 1.82) is 0 Å². The molecule has 0 unspecified atom stereocenters. The van der Waals surface area contributed by atoms with Crippen LogP contribution in [0.2, 0.25) is 0 Å². The number of fused-ring (bicyclic) bond motifs is 7. The molecule has 0 aliphatic carbocycles. The first-order valence-electron chi connectivity index (χ1n) is 20.2.